The minimum Gasteiger partial charge on any atom is -0.365 e. The predicted molar refractivity (Wildman–Crippen MR) is 85.4 cm³/mol. The average Bonchev–Trinajstić information content (AvgIpc) is 2.86. The van der Waals surface area contributed by atoms with Gasteiger partial charge in [-0.15, -0.1) is 11.3 Å². The third-order valence-electron chi connectivity index (χ3n) is 3.73. The van der Waals surface area contributed by atoms with Crippen LogP contribution in [0.25, 0.3) is 0 Å². The second-order valence-corrected chi connectivity index (χ2v) is 6.86. The van der Waals surface area contributed by atoms with Crippen molar-refractivity contribution < 1.29 is 0 Å². The summed E-state index contributed by atoms with van der Waals surface area (Å²) >= 11 is 7.90. The molecule has 0 aliphatic heterocycles. The number of fused-ring (bicyclic) bond motifs is 1. The first-order chi connectivity index (χ1) is 10.1. The fraction of sp³-hybridized carbons (Fsp3) is 0.500. The number of rotatable bonds is 3. The van der Waals surface area contributed by atoms with Crippen molar-refractivity contribution in [1.82, 2.24) is 14.8 Å². The lowest BCUT2D eigenvalue weighted by Gasteiger charge is -2.18. The Morgan fingerprint density at radius 3 is 2.95 bits per heavy atom. The zero-order valence-electron chi connectivity index (χ0n) is 12.1. The molecule has 2 heterocycles. The second kappa shape index (κ2) is 5.77. The summed E-state index contributed by atoms with van der Waals surface area (Å²) < 4.78 is 1.24. The molecule has 7 heteroatoms. The molecule has 112 valence electrons. The van der Waals surface area contributed by atoms with Gasteiger partial charge in [0.25, 0.3) is 5.56 Å². The van der Waals surface area contributed by atoms with Crippen molar-refractivity contribution in [3.63, 3.8) is 0 Å². The van der Waals surface area contributed by atoms with Crippen molar-refractivity contribution in [2.45, 2.75) is 32.2 Å². The SMILES string of the molecule is CN(Cc1nc2c(s1)CCCC2)c1cnn(C)c(=O)c1Cl. The van der Waals surface area contributed by atoms with E-state index in [-0.39, 0.29) is 10.6 Å². The number of halogens is 1. The van der Waals surface area contributed by atoms with E-state index < -0.39 is 0 Å². The van der Waals surface area contributed by atoms with Gasteiger partial charge in [-0.1, -0.05) is 11.6 Å². The van der Waals surface area contributed by atoms with Gasteiger partial charge in [-0.25, -0.2) is 9.67 Å². The fourth-order valence-corrected chi connectivity index (χ4v) is 4.06. The van der Waals surface area contributed by atoms with Gasteiger partial charge in [0.05, 0.1) is 24.1 Å². The first-order valence-electron chi connectivity index (χ1n) is 6.96. The van der Waals surface area contributed by atoms with E-state index in [1.165, 1.54) is 28.1 Å². The molecule has 21 heavy (non-hydrogen) atoms. The number of anilines is 1. The Balaban J connectivity index is 1.83. The van der Waals surface area contributed by atoms with Gasteiger partial charge in [0.1, 0.15) is 10.0 Å². The Labute approximate surface area is 132 Å². The molecule has 2 aromatic rings. The van der Waals surface area contributed by atoms with E-state index in [0.717, 1.165) is 17.8 Å². The molecule has 2 aromatic heterocycles. The summed E-state index contributed by atoms with van der Waals surface area (Å²) in [5, 5.41) is 5.30. The van der Waals surface area contributed by atoms with Crippen LogP contribution in [0.5, 0.6) is 0 Å². The van der Waals surface area contributed by atoms with Crippen LogP contribution in [0.15, 0.2) is 11.0 Å². The molecule has 0 fully saturated rings. The molecule has 0 saturated carbocycles. The molecule has 1 aliphatic rings. The van der Waals surface area contributed by atoms with E-state index in [1.54, 1.807) is 24.6 Å². The highest BCUT2D eigenvalue weighted by atomic mass is 35.5. The van der Waals surface area contributed by atoms with Crippen LogP contribution in [0.1, 0.15) is 28.4 Å². The molecular formula is C14H17ClN4OS. The number of hydrogen-bond acceptors (Lipinski definition) is 5. The van der Waals surface area contributed by atoms with Crippen molar-refractivity contribution in [2.75, 3.05) is 11.9 Å². The molecule has 0 aromatic carbocycles. The molecule has 0 unspecified atom stereocenters. The molecule has 5 nitrogen and oxygen atoms in total. The maximum absolute atomic E-state index is 11.8. The fourth-order valence-electron chi connectivity index (χ4n) is 2.53. The number of aryl methyl sites for hydroxylation is 3. The predicted octanol–water partition coefficient (Wildman–Crippen LogP) is 2.41. The van der Waals surface area contributed by atoms with Gasteiger partial charge in [-0.3, -0.25) is 4.79 Å². The normalized spacial score (nSPS) is 14.0. The van der Waals surface area contributed by atoms with Crippen molar-refractivity contribution in [1.29, 1.82) is 0 Å². The highest BCUT2D eigenvalue weighted by molar-refractivity contribution is 7.11. The Hall–Kier alpha value is -1.40. The topological polar surface area (TPSA) is 51.0 Å². The summed E-state index contributed by atoms with van der Waals surface area (Å²) in [6.07, 6.45) is 6.34. The summed E-state index contributed by atoms with van der Waals surface area (Å²) in [6, 6.07) is 0. The van der Waals surface area contributed by atoms with E-state index in [4.69, 9.17) is 16.6 Å². The van der Waals surface area contributed by atoms with E-state index in [0.29, 0.717) is 12.2 Å². The van der Waals surface area contributed by atoms with Crippen LogP contribution in [0.4, 0.5) is 5.69 Å². The molecule has 3 rings (SSSR count). The van der Waals surface area contributed by atoms with Crippen LogP contribution in [-0.2, 0) is 26.4 Å². The molecular weight excluding hydrogens is 308 g/mol. The smallest absolute Gasteiger partial charge is 0.287 e. The van der Waals surface area contributed by atoms with Crippen LogP contribution < -0.4 is 10.5 Å². The number of aromatic nitrogens is 3. The number of nitrogens with zero attached hydrogens (tertiary/aromatic N) is 4. The first-order valence-corrected chi connectivity index (χ1v) is 8.16. The van der Waals surface area contributed by atoms with Gasteiger partial charge < -0.3 is 4.90 Å². The van der Waals surface area contributed by atoms with Crippen LogP contribution in [0.3, 0.4) is 0 Å². The first kappa shape index (κ1) is 14.5. The van der Waals surface area contributed by atoms with Gasteiger partial charge in [-0.2, -0.15) is 5.10 Å². The minimum atomic E-state index is -0.278. The maximum atomic E-state index is 11.8. The molecule has 0 spiro atoms. The average molecular weight is 325 g/mol. The zero-order valence-corrected chi connectivity index (χ0v) is 13.7. The van der Waals surface area contributed by atoms with E-state index in [1.807, 2.05) is 11.9 Å². The standard InChI is InChI=1S/C14H17ClN4OS/c1-18(10-7-16-19(2)14(20)13(10)15)8-12-17-9-5-3-4-6-11(9)21-12/h7H,3-6,8H2,1-2H3. The monoisotopic (exact) mass is 324 g/mol. The summed E-state index contributed by atoms with van der Waals surface area (Å²) in [4.78, 5) is 19.9. The highest BCUT2D eigenvalue weighted by Gasteiger charge is 2.17. The maximum Gasteiger partial charge on any atom is 0.287 e. The highest BCUT2D eigenvalue weighted by Crippen LogP contribution is 2.28. The largest absolute Gasteiger partial charge is 0.365 e. The third kappa shape index (κ3) is 2.82. The van der Waals surface area contributed by atoms with Gasteiger partial charge >= 0.3 is 0 Å². The number of hydrogen-bond donors (Lipinski definition) is 0. The van der Waals surface area contributed by atoms with Crippen LogP contribution in [0, 0.1) is 0 Å². The molecule has 0 N–H and O–H groups in total. The van der Waals surface area contributed by atoms with Gasteiger partial charge in [0.2, 0.25) is 0 Å². The van der Waals surface area contributed by atoms with Crippen LogP contribution in [0.2, 0.25) is 5.02 Å². The van der Waals surface area contributed by atoms with Crippen LogP contribution >= 0.6 is 22.9 Å². The summed E-state index contributed by atoms with van der Waals surface area (Å²) in [5.74, 6) is 0. The molecule has 0 saturated heterocycles. The minimum absolute atomic E-state index is 0.205. The van der Waals surface area contributed by atoms with Gasteiger partial charge in [0.15, 0.2) is 0 Å². The zero-order chi connectivity index (χ0) is 15.0. The third-order valence-corrected chi connectivity index (χ3v) is 5.23. The van der Waals surface area contributed by atoms with E-state index >= 15 is 0 Å². The van der Waals surface area contributed by atoms with E-state index in [2.05, 4.69) is 5.10 Å². The Morgan fingerprint density at radius 1 is 1.43 bits per heavy atom. The number of thiazole rings is 1. The molecule has 0 bridgehead atoms. The summed E-state index contributed by atoms with van der Waals surface area (Å²) in [6.45, 7) is 0.645. The molecule has 1 aliphatic carbocycles. The van der Waals surface area contributed by atoms with Crippen LogP contribution in [-0.4, -0.2) is 21.8 Å². The molecule has 0 radical (unpaired) electrons. The van der Waals surface area contributed by atoms with Gasteiger partial charge in [0, 0.05) is 19.0 Å². The summed E-state index contributed by atoms with van der Waals surface area (Å²) in [7, 11) is 3.50. The van der Waals surface area contributed by atoms with Gasteiger partial charge in [-0.05, 0) is 25.7 Å². The summed E-state index contributed by atoms with van der Waals surface area (Å²) in [5.41, 5.74) is 1.62. The molecule has 0 amide bonds. The Bertz CT molecular complexity index is 701. The Kier molecular flexibility index (Phi) is 3.99. The van der Waals surface area contributed by atoms with Crippen molar-refractivity contribution in [3.8, 4) is 0 Å². The van der Waals surface area contributed by atoms with Crippen molar-refractivity contribution >= 4 is 28.6 Å². The quantitative estimate of drug-likeness (QED) is 0.870. The Morgan fingerprint density at radius 2 is 2.19 bits per heavy atom. The van der Waals surface area contributed by atoms with Crippen molar-refractivity contribution in [2.24, 2.45) is 7.05 Å². The lowest BCUT2D eigenvalue weighted by Crippen LogP contribution is -2.25. The van der Waals surface area contributed by atoms with E-state index in [9.17, 15) is 4.79 Å². The van der Waals surface area contributed by atoms with Crippen molar-refractivity contribution in [3.05, 3.63) is 37.2 Å². The lowest BCUT2D eigenvalue weighted by molar-refractivity contribution is 0.679. The molecule has 0 atom stereocenters. The second-order valence-electron chi connectivity index (χ2n) is 5.31. The lowest BCUT2D eigenvalue weighted by atomic mass is 10.0.